The molecule has 4 nitrogen and oxygen atoms in total. The van der Waals surface area contributed by atoms with Gasteiger partial charge in [-0.15, -0.1) is 29.3 Å². The van der Waals surface area contributed by atoms with E-state index in [0.717, 1.165) is 66.8 Å². The number of imidazole rings is 1. The number of fused-ring (bicyclic) bond motifs is 1. The fraction of sp³-hybridized carbons (Fsp3) is 0.226. The number of hydrogen-bond acceptors (Lipinski definition) is 3. The predicted molar refractivity (Wildman–Crippen MR) is 278 cm³/mol. The third-order valence-corrected chi connectivity index (χ3v) is 12.4. The second kappa shape index (κ2) is 19.1. The maximum Gasteiger partial charge on any atom is 0.148 e. The van der Waals surface area contributed by atoms with Crippen molar-refractivity contribution in [2.75, 3.05) is 0 Å². The Hall–Kier alpha value is -6.35. The Morgan fingerprint density at radius 3 is 1.94 bits per heavy atom. The van der Waals surface area contributed by atoms with Crippen LogP contribution < -0.4 is 0 Å². The zero-order chi connectivity index (χ0) is 53.3. The summed E-state index contributed by atoms with van der Waals surface area (Å²) in [5.74, 6) is -0.153. The van der Waals surface area contributed by atoms with Crippen molar-refractivity contribution in [3.05, 3.63) is 192 Å². The van der Waals surface area contributed by atoms with Crippen LogP contribution in [0.3, 0.4) is 0 Å². The molecule has 0 fully saturated rings. The van der Waals surface area contributed by atoms with E-state index in [0.29, 0.717) is 33.7 Å². The molecule has 67 heavy (non-hydrogen) atoms. The van der Waals surface area contributed by atoms with Gasteiger partial charge in [0.2, 0.25) is 0 Å². The first kappa shape index (κ1) is 37.7. The standard InChI is InChI=1S/C62H60N3O.Pt/c1-38(2)46-33-52(40(5)6)60(66)55(34-46)61-64-59-50(47-30-48(32-49(31-47)62(8,9)10)56-35-45(28-29-63-56)42-26-24-41(7)25-27-42)22-17-23-57(59)65(61)58-37-53(43-18-13-11-14-19-43)51(39(3)4)36-54(58)44-20-15-12-16-21-44;/h11-29,31-40,66H,1-10H3;/q-1;/i7D3,24D,25D,26D,27D,39D;. The maximum atomic E-state index is 12.5. The smallest absolute Gasteiger partial charge is 0.148 e. The molecule has 0 atom stereocenters. The molecular formula is C62H60N3OPt-. The number of aromatic nitrogens is 3. The van der Waals surface area contributed by atoms with Crippen LogP contribution in [0, 0.1) is 12.9 Å². The minimum absolute atomic E-state index is 0. The Kier molecular flexibility index (Phi) is 10.7. The van der Waals surface area contributed by atoms with Crippen LogP contribution in [0.15, 0.2) is 158 Å². The molecule has 0 saturated carbocycles. The van der Waals surface area contributed by atoms with Gasteiger partial charge in [0.25, 0.3) is 0 Å². The Balaban J connectivity index is 0.00000747. The largest absolute Gasteiger partial charge is 0.507 e. The normalized spacial score (nSPS) is 13.8. The minimum Gasteiger partial charge on any atom is -0.507 e. The van der Waals surface area contributed by atoms with Gasteiger partial charge in [-0.3, -0.25) is 9.55 Å². The molecule has 340 valence electrons. The van der Waals surface area contributed by atoms with Gasteiger partial charge >= 0.3 is 0 Å². The molecule has 7 aromatic carbocycles. The van der Waals surface area contributed by atoms with Gasteiger partial charge in [-0.05, 0) is 105 Å². The van der Waals surface area contributed by atoms with Crippen molar-refractivity contribution >= 4 is 11.0 Å². The van der Waals surface area contributed by atoms with Crippen LogP contribution >= 0.6 is 0 Å². The van der Waals surface area contributed by atoms with E-state index in [1.54, 1.807) is 18.3 Å². The second-order valence-corrected chi connectivity index (χ2v) is 19.0. The SMILES string of the molecule is [2H]c1c([2H])c(C([2H])([2H])[2H])c([2H])c([2H])c1-c1ccnc(-c2[c-]c(-c3cccc4c3nc(-c3cc(C(C)C)cc(C(C)C)c3O)n4-c3cc(-c4ccccc4)c(C([2H])(C)C)cc3-c3ccccc3)cc(C(C)(C)C)c2)c1.[Pt]. The number of phenolic OH excluding ortho intramolecular Hbond substituents is 1. The number of benzene rings is 7. The summed E-state index contributed by atoms with van der Waals surface area (Å²) in [6.45, 7) is 15.8. The molecule has 9 rings (SSSR count). The third-order valence-electron chi connectivity index (χ3n) is 12.4. The summed E-state index contributed by atoms with van der Waals surface area (Å²) in [4.78, 5) is 10.4. The topological polar surface area (TPSA) is 50.9 Å². The molecule has 9 aromatic rings. The van der Waals surface area contributed by atoms with Crippen molar-refractivity contribution in [2.24, 2.45) is 0 Å². The summed E-state index contributed by atoms with van der Waals surface area (Å²) in [6.07, 6.45) is 1.55. The van der Waals surface area contributed by atoms with E-state index in [1.807, 2.05) is 68.4 Å². The Bertz CT molecular complexity index is 3600. The van der Waals surface area contributed by atoms with Crippen LogP contribution in [0.2, 0.25) is 0 Å². The summed E-state index contributed by atoms with van der Waals surface area (Å²) in [7, 11) is 0. The molecule has 0 aliphatic carbocycles. The van der Waals surface area contributed by atoms with E-state index in [9.17, 15) is 6.48 Å². The summed E-state index contributed by atoms with van der Waals surface area (Å²) in [5.41, 5.74) is 12.1. The summed E-state index contributed by atoms with van der Waals surface area (Å²) >= 11 is 0. The molecule has 2 heterocycles. The van der Waals surface area contributed by atoms with E-state index in [4.69, 9.17) is 19.6 Å². The fourth-order valence-electron chi connectivity index (χ4n) is 8.73. The molecule has 0 spiro atoms. The molecule has 0 aliphatic rings. The van der Waals surface area contributed by atoms with Gasteiger partial charge < -0.3 is 5.11 Å². The van der Waals surface area contributed by atoms with Gasteiger partial charge in [-0.1, -0.05) is 188 Å². The molecule has 0 amide bonds. The number of rotatable bonds is 10. The number of hydrogen-bond donors (Lipinski definition) is 1. The Labute approximate surface area is 423 Å². The molecule has 0 saturated heterocycles. The molecule has 0 aliphatic heterocycles. The van der Waals surface area contributed by atoms with Crippen LogP contribution in [-0.4, -0.2) is 19.6 Å². The van der Waals surface area contributed by atoms with Crippen molar-refractivity contribution in [1.29, 1.82) is 0 Å². The van der Waals surface area contributed by atoms with Gasteiger partial charge in [-0.2, -0.15) is 0 Å². The number of phenols is 1. The minimum atomic E-state index is -2.84. The average molecular weight is 1070 g/mol. The van der Waals surface area contributed by atoms with Crippen molar-refractivity contribution in [3.8, 4) is 78.6 Å². The Morgan fingerprint density at radius 1 is 0.642 bits per heavy atom. The van der Waals surface area contributed by atoms with Crippen LogP contribution in [0.25, 0.3) is 83.9 Å². The molecule has 5 heteroatoms. The van der Waals surface area contributed by atoms with Gasteiger partial charge in [-0.25, -0.2) is 4.98 Å². The molecular weight excluding hydrogens is 998 g/mol. The fourth-order valence-corrected chi connectivity index (χ4v) is 8.73. The molecule has 0 bridgehead atoms. The number of aromatic hydroxyl groups is 1. The average Bonchev–Trinajstić information content (AvgIpc) is 3.74. The molecule has 2 aromatic heterocycles. The van der Waals surface area contributed by atoms with E-state index in [-0.39, 0.29) is 49.6 Å². The third kappa shape index (κ3) is 9.34. The van der Waals surface area contributed by atoms with Crippen LogP contribution in [0.1, 0.15) is 119 Å². The zero-order valence-corrected chi connectivity index (χ0v) is 41.7. The van der Waals surface area contributed by atoms with Crippen molar-refractivity contribution in [1.82, 2.24) is 14.5 Å². The molecule has 1 N–H and O–H groups in total. The number of pyridine rings is 1. The number of para-hydroxylation sites is 1. The van der Waals surface area contributed by atoms with Crippen molar-refractivity contribution in [2.45, 2.75) is 92.3 Å². The van der Waals surface area contributed by atoms with E-state index < -0.39 is 42.5 Å². The van der Waals surface area contributed by atoms with E-state index in [1.165, 1.54) is 0 Å². The van der Waals surface area contributed by atoms with Gasteiger partial charge in [0, 0.05) is 44.0 Å². The zero-order valence-electron chi connectivity index (χ0n) is 47.5. The molecule has 0 radical (unpaired) electrons. The monoisotopic (exact) mass is 1070 g/mol. The number of nitrogens with zero attached hydrogens (tertiary/aromatic N) is 3. The first-order valence-corrected chi connectivity index (χ1v) is 22.7. The first-order valence-electron chi connectivity index (χ1n) is 26.7. The van der Waals surface area contributed by atoms with Crippen molar-refractivity contribution in [3.63, 3.8) is 0 Å². The summed E-state index contributed by atoms with van der Waals surface area (Å²) in [5, 5.41) is 12.5. The van der Waals surface area contributed by atoms with Gasteiger partial charge in [0.15, 0.2) is 0 Å². The van der Waals surface area contributed by atoms with Crippen molar-refractivity contribution < 1.29 is 37.1 Å². The first-order chi connectivity index (χ1) is 34.8. The summed E-state index contributed by atoms with van der Waals surface area (Å²) in [6, 6.07) is 43.9. The van der Waals surface area contributed by atoms with Crippen LogP contribution in [0.4, 0.5) is 0 Å². The maximum absolute atomic E-state index is 12.5. The second-order valence-electron chi connectivity index (χ2n) is 19.0. The van der Waals surface area contributed by atoms with E-state index >= 15 is 0 Å². The van der Waals surface area contributed by atoms with Gasteiger partial charge in [0.1, 0.15) is 11.6 Å². The summed E-state index contributed by atoms with van der Waals surface area (Å²) < 4.78 is 70.5. The predicted octanol–water partition coefficient (Wildman–Crippen LogP) is 16.9. The van der Waals surface area contributed by atoms with E-state index in [2.05, 4.69) is 120 Å². The quantitative estimate of drug-likeness (QED) is 0.139. The van der Waals surface area contributed by atoms with Crippen LogP contribution in [0.5, 0.6) is 5.75 Å². The Morgan fingerprint density at radius 2 is 1.31 bits per heavy atom. The molecule has 0 unspecified atom stereocenters. The van der Waals surface area contributed by atoms with Crippen LogP contribution in [-0.2, 0) is 26.5 Å². The van der Waals surface area contributed by atoms with Gasteiger partial charge in [0.05, 0.1) is 27.8 Å².